The molecule has 1 N–H and O–H groups in total. The Balaban J connectivity index is 3.55. The molecule has 78 valence electrons. The molecule has 0 fully saturated rings. The van der Waals surface area contributed by atoms with Crippen LogP contribution in [0.1, 0.15) is 13.3 Å². The Bertz CT molecular complexity index is 246. The molecule has 1 amide bonds. The van der Waals surface area contributed by atoms with Crippen molar-refractivity contribution in [3.63, 3.8) is 0 Å². The second-order valence-corrected chi connectivity index (χ2v) is 2.45. The van der Waals surface area contributed by atoms with Crippen molar-refractivity contribution in [3.05, 3.63) is 0 Å². The number of ether oxygens (including phenoxy) is 1. The van der Waals surface area contributed by atoms with Crippen molar-refractivity contribution >= 4 is 18.0 Å². The van der Waals surface area contributed by atoms with Crippen molar-refractivity contribution in [2.24, 2.45) is 4.99 Å². The SMILES string of the molecule is CCCNC(=O)OCC(=O)CN=C=O. The Kier molecular flexibility index (Phi) is 6.99. The summed E-state index contributed by atoms with van der Waals surface area (Å²) in [5, 5.41) is 2.42. The number of hydrogen-bond acceptors (Lipinski definition) is 5. The molecule has 0 aliphatic heterocycles. The minimum atomic E-state index is -0.643. The molecule has 0 aliphatic carbocycles. The summed E-state index contributed by atoms with van der Waals surface area (Å²) >= 11 is 0. The van der Waals surface area contributed by atoms with Crippen LogP contribution in [0.4, 0.5) is 4.79 Å². The molecular formula is C8H12N2O4. The first kappa shape index (κ1) is 12.3. The maximum atomic E-state index is 10.8. The number of Topliss-reactive ketones (excluding diaryl/α,β-unsaturated/α-hetero) is 1. The van der Waals surface area contributed by atoms with Crippen LogP contribution in [0, 0.1) is 0 Å². The van der Waals surface area contributed by atoms with E-state index < -0.39 is 11.9 Å². The minimum absolute atomic E-state index is 0.301. The molecule has 0 radical (unpaired) electrons. The summed E-state index contributed by atoms with van der Waals surface area (Å²) in [5.74, 6) is -0.444. The fourth-order valence-electron chi connectivity index (χ4n) is 0.590. The van der Waals surface area contributed by atoms with E-state index in [1.807, 2.05) is 6.92 Å². The van der Waals surface area contributed by atoms with Crippen molar-refractivity contribution in [1.82, 2.24) is 5.32 Å². The number of isocyanates is 1. The summed E-state index contributed by atoms with van der Waals surface area (Å²) in [6, 6.07) is 0. The second-order valence-electron chi connectivity index (χ2n) is 2.45. The van der Waals surface area contributed by atoms with Gasteiger partial charge in [-0.1, -0.05) is 6.92 Å². The molecule has 0 aromatic rings. The number of amides is 1. The number of carbonyl (C=O) groups excluding carboxylic acids is 3. The van der Waals surface area contributed by atoms with E-state index in [2.05, 4.69) is 15.0 Å². The zero-order valence-corrected chi connectivity index (χ0v) is 7.91. The van der Waals surface area contributed by atoms with Crippen LogP contribution in [0.2, 0.25) is 0 Å². The van der Waals surface area contributed by atoms with Crippen molar-refractivity contribution in [3.8, 4) is 0 Å². The lowest BCUT2D eigenvalue weighted by atomic mass is 10.4. The van der Waals surface area contributed by atoms with Gasteiger partial charge in [0.25, 0.3) is 0 Å². The number of hydrogen-bond donors (Lipinski definition) is 1. The zero-order chi connectivity index (χ0) is 10.8. The maximum Gasteiger partial charge on any atom is 0.407 e. The highest BCUT2D eigenvalue weighted by Gasteiger charge is 2.05. The van der Waals surface area contributed by atoms with Gasteiger partial charge in [0.1, 0.15) is 6.54 Å². The third-order valence-corrected chi connectivity index (χ3v) is 1.20. The van der Waals surface area contributed by atoms with Gasteiger partial charge in [-0.05, 0) is 6.42 Å². The lowest BCUT2D eigenvalue weighted by Crippen LogP contribution is -2.27. The monoisotopic (exact) mass is 200 g/mol. The summed E-state index contributed by atoms with van der Waals surface area (Å²) in [5.41, 5.74) is 0. The fraction of sp³-hybridized carbons (Fsp3) is 0.625. The number of nitrogens with one attached hydrogen (secondary N) is 1. The molecule has 6 nitrogen and oxygen atoms in total. The molecule has 0 aromatic heterocycles. The molecule has 0 spiro atoms. The summed E-state index contributed by atoms with van der Waals surface area (Å²) in [4.78, 5) is 34.3. The van der Waals surface area contributed by atoms with Crippen LogP contribution in [0.25, 0.3) is 0 Å². The van der Waals surface area contributed by atoms with Gasteiger partial charge in [0.2, 0.25) is 6.08 Å². The first-order valence-electron chi connectivity index (χ1n) is 4.16. The van der Waals surface area contributed by atoms with E-state index in [0.717, 1.165) is 6.42 Å². The number of nitrogens with zero attached hydrogens (tertiary/aromatic N) is 1. The van der Waals surface area contributed by atoms with Crippen LogP contribution < -0.4 is 5.32 Å². The highest BCUT2D eigenvalue weighted by atomic mass is 16.5. The van der Waals surface area contributed by atoms with Gasteiger partial charge < -0.3 is 10.1 Å². The van der Waals surface area contributed by atoms with E-state index in [9.17, 15) is 14.4 Å². The van der Waals surface area contributed by atoms with Crippen LogP contribution in [-0.2, 0) is 14.3 Å². The predicted octanol–water partition coefficient (Wildman–Crippen LogP) is 0.0275. The summed E-state index contributed by atoms with van der Waals surface area (Å²) in [6.07, 6.45) is 1.37. The molecule has 6 heteroatoms. The Hall–Kier alpha value is -1.68. The first-order chi connectivity index (χ1) is 6.70. The van der Waals surface area contributed by atoms with E-state index in [0.29, 0.717) is 6.54 Å². The van der Waals surface area contributed by atoms with Crippen molar-refractivity contribution in [1.29, 1.82) is 0 Å². The largest absolute Gasteiger partial charge is 0.441 e. The first-order valence-corrected chi connectivity index (χ1v) is 4.16. The molecule has 0 heterocycles. The molecular weight excluding hydrogens is 188 g/mol. The topological polar surface area (TPSA) is 84.8 Å². The number of carbonyl (C=O) groups is 2. The molecule has 0 saturated heterocycles. The van der Waals surface area contributed by atoms with Gasteiger partial charge in [-0.15, -0.1) is 0 Å². The number of alkyl carbamates (subject to hydrolysis) is 1. The van der Waals surface area contributed by atoms with Crippen LogP contribution in [0.5, 0.6) is 0 Å². The van der Waals surface area contributed by atoms with Crippen LogP contribution in [0.15, 0.2) is 4.99 Å². The van der Waals surface area contributed by atoms with Gasteiger partial charge >= 0.3 is 6.09 Å². The van der Waals surface area contributed by atoms with Crippen molar-refractivity contribution < 1.29 is 19.1 Å². The molecule has 0 unspecified atom stereocenters. The molecule has 0 aliphatic rings. The quantitative estimate of drug-likeness (QED) is 0.484. The minimum Gasteiger partial charge on any atom is -0.441 e. The summed E-state index contributed by atoms with van der Waals surface area (Å²) in [7, 11) is 0. The Morgan fingerprint density at radius 3 is 2.79 bits per heavy atom. The van der Waals surface area contributed by atoms with Gasteiger partial charge in [0, 0.05) is 6.54 Å². The third kappa shape index (κ3) is 7.00. The number of ketones is 1. The molecule has 0 aromatic carbocycles. The third-order valence-electron chi connectivity index (χ3n) is 1.20. The fourth-order valence-corrected chi connectivity index (χ4v) is 0.590. The molecule has 0 rings (SSSR count). The van der Waals surface area contributed by atoms with Crippen molar-refractivity contribution in [2.75, 3.05) is 19.7 Å². The highest BCUT2D eigenvalue weighted by Crippen LogP contribution is 1.82. The van der Waals surface area contributed by atoms with E-state index >= 15 is 0 Å². The zero-order valence-electron chi connectivity index (χ0n) is 7.91. The maximum absolute atomic E-state index is 10.8. The van der Waals surface area contributed by atoms with Gasteiger partial charge in [0.05, 0.1) is 0 Å². The van der Waals surface area contributed by atoms with Gasteiger partial charge in [-0.25, -0.2) is 9.59 Å². The van der Waals surface area contributed by atoms with E-state index in [1.54, 1.807) is 0 Å². The lowest BCUT2D eigenvalue weighted by molar-refractivity contribution is -0.120. The van der Waals surface area contributed by atoms with Gasteiger partial charge in [-0.3, -0.25) is 4.79 Å². The molecule has 0 saturated carbocycles. The van der Waals surface area contributed by atoms with Crippen molar-refractivity contribution in [2.45, 2.75) is 13.3 Å². The Labute approximate surface area is 81.3 Å². The van der Waals surface area contributed by atoms with E-state index in [4.69, 9.17) is 0 Å². The Morgan fingerprint density at radius 2 is 2.21 bits per heavy atom. The molecule has 0 bridgehead atoms. The lowest BCUT2D eigenvalue weighted by Gasteiger charge is -2.03. The standard InChI is InChI=1S/C8H12N2O4/c1-2-3-10-8(13)14-5-7(12)4-9-6-11/h2-5H2,1H3,(H,10,13). The van der Waals surface area contributed by atoms with Gasteiger partial charge in [-0.2, -0.15) is 4.99 Å². The summed E-state index contributed by atoms with van der Waals surface area (Å²) < 4.78 is 4.51. The predicted molar refractivity (Wildman–Crippen MR) is 47.6 cm³/mol. The normalized spacial score (nSPS) is 8.64. The molecule has 0 atom stereocenters. The number of aliphatic imine (C=N–C) groups is 1. The average molecular weight is 200 g/mol. The van der Waals surface area contributed by atoms with E-state index in [1.165, 1.54) is 6.08 Å². The molecule has 14 heavy (non-hydrogen) atoms. The van der Waals surface area contributed by atoms with Crippen LogP contribution in [0.3, 0.4) is 0 Å². The van der Waals surface area contributed by atoms with Crippen LogP contribution in [-0.4, -0.2) is 37.7 Å². The summed E-state index contributed by atoms with van der Waals surface area (Å²) in [6.45, 7) is 1.72. The van der Waals surface area contributed by atoms with Crippen LogP contribution >= 0.6 is 0 Å². The second kappa shape index (κ2) is 7.94. The number of rotatable bonds is 6. The smallest absolute Gasteiger partial charge is 0.407 e. The van der Waals surface area contributed by atoms with E-state index in [-0.39, 0.29) is 13.2 Å². The average Bonchev–Trinajstić information content (AvgIpc) is 2.20. The Morgan fingerprint density at radius 1 is 1.50 bits per heavy atom. The van der Waals surface area contributed by atoms with Gasteiger partial charge in [0.15, 0.2) is 12.4 Å². The highest BCUT2D eigenvalue weighted by molar-refractivity contribution is 5.84.